The minimum atomic E-state index is -2.87. The largest absolute Gasteiger partial charge is 0.403 e. The zero-order chi connectivity index (χ0) is 21.3. The van der Waals surface area contributed by atoms with Gasteiger partial charge in [0.15, 0.2) is 0 Å². The van der Waals surface area contributed by atoms with Gasteiger partial charge in [0.2, 0.25) is 5.71 Å². The van der Waals surface area contributed by atoms with Gasteiger partial charge in [0.1, 0.15) is 5.39 Å². The second-order valence-corrected chi connectivity index (χ2v) is 8.06. The lowest BCUT2D eigenvalue weighted by Gasteiger charge is -2.31. The van der Waals surface area contributed by atoms with Crippen LogP contribution in [0.15, 0.2) is 25.2 Å². The lowest BCUT2D eigenvalue weighted by molar-refractivity contribution is -0.130. The van der Waals surface area contributed by atoms with Crippen molar-refractivity contribution in [2.45, 2.75) is 57.9 Å². The molecule has 0 amide bonds. The third-order valence-electron chi connectivity index (χ3n) is 5.59. The number of aromatic nitrogens is 2. The number of oxime groups is 1. The molecule has 0 spiro atoms. The quantitative estimate of drug-likeness (QED) is 0.544. The van der Waals surface area contributed by atoms with Crippen molar-refractivity contribution in [2.75, 3.05) is 13.1 Å². The summed E-state index contributed by atoms with van der Waals surface area (Å²) in [6, 6.07) is -1.74. The molecule has 2 aromatic rings. The van der Waals surface area contributed by atoms with Crippen molar-refractivity contribution >= 4 is 16.8 Å². The Labute approximate surface area is 170 Å². The first kappa shape index (κ1) is 20.6. The molecule has 10 heteroatoms. The van der Waals surface area contributed by atoms with Crippen molar-refractivity contribution in [1.29, 1.82) is 0 Å². The Hall–Kier alpha value is -2.62. The molecule has 8 nitrogen and oxygen atoms in total. The third-order valence-corrected chi connectivity index (χ3v) is 5.59. The predicted octanol–water partition coefficient (Wildman–Crippen LogP) is 3.05. The molecule has 0 bridgehead atoms. The van der Waals surface area contributed by atoms with E-state index in [4.69, 9.17) is 9.25 Å². The Morgan fingerprint density at radius 1 is 1.33 bits per heavy atom. The first-order valence-corrected chi connectivity index (χ1v) is 10.2. The van der Waals surface area contributed by atoms with E-state index in [0.29, 0.717) is 30.5 Å². The highest BCUT2D eigenvalue weighted by Gasteiger charge is 2.33. The fourth-order valence-electron chi connectivity index (χ4n) is 3.71. The monoisotopic (exact) mass is 422 g/mol. The van der Waals surface area contributed by atoms with Gasteiger partial charge in [-0.15, -0.1) is 0 Å². The number of nitrogens with zero attached hydrogens (tertiary/aromatic N) is 3. The Morgan fingerprint density at radius 3 is 2.73 bits per heavy atom. The van der Waals surface area contributed by atoms with E-state index in [1.54, 1.807) is 0 Å². The van der Waals surface area contributed by atoms with Gasteiger partial charge in [-0.1, -0.05) is 24.4 Å². The molecule has 3 heterocycles. The molecule has 1 N–H and O–H groups in total. The van der Waals surface area contributed by atoms with Gasteiger partial charge in [0, 0.05) is 38.9 Å². The molecule has 162 valence electrons. The van der Waals surface area contributed by atoms with Crippen LogP contribution in [0, 0.1) is 5.92 Å². The SMILES string of the molecule is CC(F)(F)N1CCC(=NOc2nc3oc(=O)cc(CCCC4CC4)c3c(=O)[nH]2)CC1. The zero-order valence-electron chi connectivity index (χ0n) is 16.7. The van der Waals surface area contributed by atoms with Crippen LogP contribution >= 0.6 is 0 Å². The van der Waals surface area contributed by atoms with Gasteiger partial charge in [-0.3, -0.25) is 9.78 Å². The number of H-pyrrole nitrogens is 1. The maximum absolute atomic E-state index is 13.3. The molecule has 0 radical (unpaired) electrons. The molecular formula is C20H24F2N4O4. The smallest absolute Gasteiger partial charge is 0.337 e. The lowest BCUT2D eigenvalue weighted by Crippen LogP contribution is -2.44. The van der Waals surface area contributed by atoms with Crippen LogP contribution in [0.1, 0.15) is 51.0 Å². The molecule has 0 atom stereocenters. The van der Waals surface area contributed by atoms with Crippen molar-refractivity contribution in [3.8, 4) is 6.01 Å². The summed E-state index contributed by atoms with van der Waals surface area (Å²) in [6.07, 6.45) is 5.72. The van der Waals surface area contributed by atoms with E-state index in [0.717, 1.165) is 30.6 Å². The number of halogens is 2. The fraction of sp³-hybridized carbons (Fsp3) is 0.600. The summed E-state index contributed by atoms with van der Waals surface area (Å²) < 4.78 is 31.8. The van der Waals surface area contributed by atoms with Gasteiger partial charge < -0.3 is 9.25 Å². The fourth-order valence-corrected chi connectivity index (χ4v) is 3.71. The topological polar surface area (TPSA) is 101 Å². The molecule has 0 aromatic carbocycles. The molecule has 2 fully saturated rings. The van der Waals surface area contributed by atoms with Crippen LogP contribution in [-0.4, -0.2) is 39.7 Å². The number of alkyl halides is 2. The zero-order valence-corrected chi connectivity index (χ0v) is 16.7. The third kappa shape index (κ3) is 4.92. The van der Waals surface area contributed by atoms with Crippen molar-refractivity contribution in [3.05, 3.63) is 32.4 Å². The van der Waals surface area contributed by atoms with Crippen LogP contribution in [0.2, 0.25) is 0 Å². The highest BCUT2D eigenvalue weighted by Crippen LogP contribution is 2.34. The van der Waals surface area contributed by atoms with Crippen LogP contribution < -0.4 is 16.0 Å². The second kappa shape index (κ2) is 8.25. The Bertz CT molecular complexity index is 1060. The summed E-state index contributed by atoms with van der Waals surface area (Å²) in [7, 11) is 0. The van der Waals surface area contributed by atoms with Crippen molar-refractivity contribution in [2.24, 2.45) is 11.1 Å². The maximum atomic E-state index is 13.3. The van der Waals surface area contributed by atoms with Crippen LogP contribution in [0.3, 0.4) is 0 Å². The number of hydrogen-bond donors (Lipinski definition) is 1. The van der Waals surface area contributed by atoms with Crippen LogP contribution in [-0.2, 0) is 6.42 Å². The minimum absolute atomic E-state index is 0.0942. The van der Waals surface area contributed by atoms with Crippen LogP contribution in [0.25, 0.3) is 11.1 Å². The van der Waals surface area contributed by atoms with Gasteiger partial charge in [-0.2, -0.15) is 13.8 Å². The molecule has 2 aliphatic rings. The van der Waals surface area contributed by atoms with E-state index in [1.165, 1.54) is 18.9 Å². The van der Waals surface area contributed by atoms with Crippen LogP contribution in [0.4, 0.5) is 8.78 Å². The van der Waals surface area contributed by atoms with E-state index in [2.05, 4.69) is 15.1 Å². The number of rotatable bonds is 7. The highest BCUT2D eigenvalue weighted by molar-refractivity contribution is 5.85. The van der Waals surface area contributed by atoms with E-state index < -0.39 is 17.2 Å². The summed E-state index contributed by atoms with van der Waals surface area (Å²) in [6.45, 7) is 1.18. The average Bonchev–Trinajstić information content (AvgIpc) is 3.50. The Kier molecular flexibility index (Phi) is 5.68. The summed E-state index contributed by atoms with van der Waals surface area (Å²) in [4.78, 5) is 37.3. The van der Waals surface area contributed by atoms with E-state index >= 15 is 0 Å². The number of likely N-dealkylation sites (tertiary alicyclic amines) is 1. The molecule has 1 saturated heterocycles. The van der Waals surface area contributed by atoms with Crippen molar-refractivity contribution in [1.82, 2.24) is 14.9 Å². The molecule has 1 aliphatic heterocycles. The highest BCUT2D eigenvalue weighted by atomic mass is 19.3. The van der Waals surface area contributed by atoms with E-state index in [1.807, 2.05) is 0 Å². The van der Waals surface area contributed by atoms with Crippen LogP contribution in [0.5, 0.6) is 6.01 Å². The summed E-state index contributed by atoms with van der Waals surface area (Å²) in [5.41, 5.74) is 0.0613. The molecule has 30 heavy (non-hydrogen) atoms. The lowest BCUT2D eigenvalue weighted by atomic mass is 10.1. The normalized spacial score (nSPS) is 18.0. The number of aromatic amines is 1. The summed E-state index contributed by atoms with van der Waals surface area (Å²) in [5.74, 6) is 0.766. The van der Waals surface area contributed by atoms with Gasteiger partial charge in [0.05, 0.1) is 5.71 Å². The van der Waals surface area contributed by atoms with Crippen molar-refractivity contribution < 1.29 is 18.0 Å². The predicted molar refractivity (Wildman–Crippen MR) is 106 cm³/mol. The van der Waals surface area contributed by atoms with Gasteiger partial charge in [0.25, 0.3) is 5.56 Å². The summed E-state index contributed by atoms with van der Waals surface area (Å²) >= 11 is 0. The van der Waals surface area contributed by atoms with E-state index in [-0.39, 0.29) is 30.2 Å². The first-order valence-electron chi connectivity index (χ1n) is 10.2. The molecule has 1 saturated carbocycles. The van der Waals surface area contributed by atoms with Gasteiger partial charge in [-0.25, -0.2) is 9.69 Å². The second-order valence-electron chi connectivity index (χ2n) is 8.06. The molecular weight excluding hydrogens is 398 g/mol. The molecule has 2 aromatic heterocycles. The number of piperidine rings is 1. The number of hydrogen-bond acceptors (Lipinski definition) is 7. The molecule has 0 unspecified atom stereocenters. The van der Waals surface area contributed by atoms with Gasteiger partial charge >= 0.3 is 17.7 Å². The Balaban J connectivity index is 1.49. The minimum Gasteiger partial charge on any atom is -0.403 e. The maximum Gasteiger partial charge on any atom is 0.337 e. The molecule has 4 rings (SSSR count). The first-order chi connectivity index (χ1) is 14.3. The van der Waals surface area contributed by atoms with Gasteiger partial charge in [-0.05, 0) is 24.3 Å². The number of nitrogens with one attached hydrogen (secondary N) is 1. The summed E-state index contributed by atoms with van der Waals surface area (Å²) in [5, 5.41) is 4.17. The number of aryl methyl sites for hydroxylation is 1. The van der Waals surface area contributed by atoms with E-state index in [9.17, 15) is 18.4 Å². The molecule has 1 aliphatic carbocycles. The van der Waals surface area contributed by atoms with Crippen molar-refractivity contribution in [3.63, 3.8) is 0 Å². The number of fused-ring (bicyclic) bond motifs is 1. The Morgan fingerprint density at radius 2 is 2.07 bits per heavy atom. The average molecular weight is 422 g/mol. The standard InChI is InChI=1S/C20H24F2N4O4/c1-20(21,22)26-9-7-14(8-10-26)25-30-19-23-17(28)16-13(4-2-3-12-5-6-12)11-15(27)29-18(16)24-19/h11-12H,2-10H2,1H3,(H,23,24,28).